The van der Waals surface area contributed by atoms with E-state index in [1.54, 1.807) is 53.3 Å². The zero-order valence-electron chi connectivity index (χ0n) is 45.6. The van der Waals surface area contributed by atoms with Crippen molar-refractivity contribution in [1.29, 1.82) is 0 Å². The quantitative estimate of drug-likeness (QED) is 0.0282. The van der Waals surface area contributed by atoms with Crippen LogP contribution in [0.15, 0.2) is 59.4 Å². The molecule has 5 N–H and O–H groups in total. The Bertz CT molecular complexity index is 2890. The Labute approximate surface area is 444 Å². The second kappa shape index (κ2) is 23.0. The van der Waals surface area contributed by atoms with Crippen molar-refractivity contribution in [3.05, 3.63) is 111 Å². The summed E-state index contributed by atoms with van der Waals surface area (Å²) in [6.45, 7) is 23.2. The first-order valence-electron chi connectivity index (χ1n) is 24.4. The van der Waals surface area contributed by atoms with Gasteiger partial charge in [0, 0.05) is 55.1 Å². The summed E-state index contributed by atoms with van der Waals surface area (Å²) in [6, 6.07) is 8.61. The molecule has 4 aliphatic carbocycles. The number of amides is 2. The minimum absolute atomic E-state index is 0.00809. The SMILES string of the molecule is CC1(C)[C@@H]2CC[C@@]1(C)C(=O)C2C(=O)Cl.CN(N)C(=O)OC(C)(C)C.CN(Nc1cc(F)ccc1F)C(=O)OC(C)(C)C.Cn1c2c(c(=O)n1-c1cc(F)ccc1F)[C@H]1CC[C@]2(C)C1(C)C.OB(O)c1cc(F)ccc1F. The maximum absolute atomic E-state index is 14.2. The van der Waals surface area contributed by atoms with Crippen molar-refractivity contribution in [2.75, 3.05) is 19.5 Å². The third kappa shape index (κ3) is 13.1. The van der Waals surface area contributed by atoms with Crippen molar-refractivity contribution in [3.63, 3.8) is 0 Å². The van der Waals surface area contributed by atoms with Crippen LogP contribution in [0, 0.1) is 63.0 Å². The molecule has 2 amide bonds. The van der Waals surface area contributed by atoms with Gasteiger partial charge in [-0.1, -0.05) is 41.5 Å². The summed E-state index contributed by atoms with van der Waals surface area (Å²) in [4.78, 5) is 58.6. The van der Waals surface area contributed by atoms with Crippen LogP contribution in [0.3, 0.4) is 0 Å². The number of ketones is 1. The van der Waals surface area contributed by atoms with Crippen LogP contribution in [0.1, 0.15) is 126 Å². The zero-order valence-corrected chi connectivity index (χ0v) is 46.4. The first-order valence-corrected chi connectivity index (χ1v) is 24.7. The fourth-order valence-corrected chi connectivity index (χ4v) is 10.7. The third-order valence-corrected chi connectivity index (χ3v) is 15.3. The van der Waals surface area contributed by atoms with Crippen LogP contribution >= 0.6 is 11.6 Å². The summed E-state index contributed by atoms with van der Waals surface area (Å²) in [5.41, 5.74) is 1.73. The van der Waals surface area contributed by atoms with Crippen LogP contribution in [-0.4, -0.2) is 85.1 Å². The van der Waals surface area contributed by atoms with Crippen LogP contribution in [0.4, 0.5) is 41.6 Å². The Kier molecular flexibility index (Phi) is 19.0. The summed E-state index contributed by atoms with van der Waals surface area (Å²) in [5, 5.41) is 18.3. The molecular weight excluding hydrogens is 1020 g/mol. The molecule has 1 heterocycles. The highest BCUT2D eigenvalue weighted by Crippen LogP contribution is 2.67. The Balaban J connectivity index is 0.000000213. The van der Waals surface area contributed by atoms with Crippen LogP contribution in [0.5, 0.6) is 0 Å². The van der Waals surface area contributed by atoms with Crippen LogP contribution in [0.2, 0.25) is 0 Å². The van der Waals surface area contributed by atoms with Crippen molar-refractivity contribution in [2.45, 2.75) is 131 Å². The van der Waals surface area contributed by atoms with Crippen molar-refractivity contribution in [2.24, 2.45) is 41.0 Å². The number of carbonyl (C=O) groups excluding carboxylic acids is 4. The lowest BCUT2D eigenvalue weighted by Crippen LogP contribution is -2.38. The third-order valence-electron chi connectivity index (χ3n) is 15.1. The Morgan fingerprint density at radius 2 is 1.22 bits per heavy atom. The summed E-state index contributed by atoms with van der Waals surface area (Å²) < 4.78 is 91.8. The minimum atomic E-state index is -1.97. The lowest BCUT2D eigenvalue weighted by Gasteiger charge is -2.36. The number of hydrogen-bond donors (Lipinski definition) is 4. The Morgan fingerprint density at radius 3 is 1.66 bits per heavy atom. The molecule has 3 fully saturated rings. The first kappa shape index (κ1) is 62.7. The van der Waals surface area contributed by atoms with E-state index in [0.29, 0.717) is 0 Å². The second-order valence-corrected chi connectivity index (χ2v) is 23.3. The standard InChI is InChI=1S/C18H20F2N2O.C12H16F2N2O2.C11H15ClO2.C6H5BF2O2.C6H14N2O2/c1-17(2)11-7-8-18(17,3)15-14(11)16(23)22(21(15)4)13-9-10(19)5-6-12(13)20;1-12(2,3)18-11(17)16(4)15-10-7-8(13)5-6-9(10)14;1-10(2)6-4-5-11(10,3)8(13)7(6)9(12)14;8-4-1-2-6(9)5(3-4)7(10)11;1-6(2,3)10-5(9)8(4)7/h5-6,9,11H,7-8H2,1-4H3;5-7,15H,1-4H3;6-7H,4-5H2,1-3H3;1-3,10-11H;7H2,1-4H3/t11-,18+;;6-,7?,11+;;/m1.1../s1. The number of nitrogens with zero attached hydrogens (tertiary/aromatic N) is 4. The van der Waals surface area contributed by atoms with Gasteiger partial charge in [0.05, 0.1) is 17.3 Å². The second-order valence-electron chi connectivity index (χ2n) is 22.9. The summed E-state index contributed by atoms with van der Waals surface area (Å²) >= 11 is 5.50. The highest BCUT2D eigenvalue weighted by atomic mass is 35.5. The maximum Gasteiger partial charge on any atom is 0.491 e. The molecule has 0 saturated heterocycles. The van der Waals surface area contributed by atoms with E-state index in [1.807, 2.05) is 6.92 Å². The fourth-order valence-electron chi connectivity index (χ4n) is 10.5. The average Bonchev–Trinajstić information content (AvgIpc) is 3.89. The number of Topliss-reactive ketones (excluding diaryl/α,β-unsaturated/α-hetero) is 1. The van der Waals surface area contributed by atoms with Crippen molar-refractivity contribution >= 4 is 53.1 Å². The van der Waals surface area contributed by atoms with Gasteiger partial charge in [-0.25, -0.2) is 56.5 Å². The van der Waals surface area contributed by atoms with E-state index in [1.165, 1.54) is 18.8 Å². The number of nitrogens with two attached hydrogens (primary N) is 1. The molecule has 15 nitrogen and oxygen atoms in total. The fraction of sp³-hybridized carbons (Fsp3) is 0.528. The monoisotopic (exact) mass is 1090 g/mol. The molecule has 4 bridgehead atoms. The number of hydrogen-bond acceptors (Lipinski definition) is 11. The zero-order chi connectivity index (χ0) is 58.2. The van der Waals surface area contributed by atoms with Gasteiger partial charge >= 0.3 is 19.3 Å². The molecule has 5 atom stereocenters. The van der Waals surface area contributed by atoms with Gasteiger partial charge < -0.3 is 19.5 Å². The van der Waals surface area contributed by atoms with Gasteiger partial charge in [-0.3, -0.25) is 24.5 Å². The minimum Gasteiger partial charge on any atom is -0.443 e. The van der Waals surface area contributed by atoms with Gasteiger partial charge in [0.25, 0.3) is 5.56 Å². The number of benzene rings is 3. The molecule has 4 aliphatic rings. The topological polar surface area (TPSA) is 199 Å². The van der Waals surface area contributed by atoms with E-state index in [0.717, 1.165) is 102 Å². The van der Waals surface area contributed by atoms with Crippen LogP contribution in [-0.2, 0) is 31.5 Å². The maximum atomic E-state index is 14.2. The largest absolute Gasteiger partial charge is 0.491 e. The lowest BCUT2D eigenvalue weighted by molar-refractivity contribution is -0.135. The summed E-state index contributed by atoms with van der Waals surface area (Å²) in [7, 11) is 2.60. The van der Waals surface area contributed by atoms with E-state index in [2.05, 4.69) is 40.0 Å². The number of halogens is 7. The van der Waals surface area contributed by atoms with Crippen LogP contribution in [0.25, 0.3) is 5.69 Å². The van der Waals surface area contributed by atoms with Gasteiger partial charge in [0.1, 0.15) is 51.8 Å². The number of carbonyl (C=O) groups is 4. The molecule has 0 radical (unpaired) electrons. The number of rotatable bonds is 5. The molecule has 1 unspecified atom stereocenters. The number of aromatic nitrogens is 2. The van der Waals surface area contributed by atoms with E-state index in [-0.39, 0.29) is 56.2 Å². The molecule has 76 heavy (non-hydrogen) atoms. The average molecular weight is 1100 g/mol. The Morgan fingerprint density at radius 1 is 0.737 bits per heavy atom. The molecule has 8 rings (SSSR count). The number of fused-ring (bicyclic) bond motifs is 7. The number of hydrazine groups is 2. The van der Waals surface area contributed by atoms with Crippen molar-refractivity contribution in [1.82, 2.24) is 19.4 Å². The van der Waals surface area contributed by atoms with Gasteiger partial charge in [0.15, 0.2) is 5.78 Å². The number of ether oxygens (including phenoxy) is 2. The molecule has 0 spiro atoms. The van der Waals surface area contributed by atoms with E-state index < -0.39 is 82.0 Å². The predicted molar refractivity (Wildman–Crippen MR) is 276 cm³/mol. The normalized spacial score (nSPS) is 22.0. The van der Waals surface area contributed by atoms with Gasteiger partial charge in [-0.2, -0.15) is 0 Å². The highest BCUT2D eigenvalue weighted by molar-refractivity contribution is 6.65. The molecule has 1 aromatic heterocycles. The number of nitrogens with one attached hydrogen (secondary N) is 1. The Hall–Kier alpha value is -5.84. The highest BCUT2D eigenvalue weighted by Gasteiger charge is 2.67. The molecule has 23 heteroatoms. The van der Waals surface area contributed by atoms with Gasteiger partial charge in [-0.05, 0) is 144 Å². The molecule has 4 aromatic rings. The number of anilines is 1. The van der Waals surface area contributed by atoms with E-state index >= 15 is 0 Å². The molecular formula is C53H70BClF6N6O9. The molecule has 3 saturated carbocycles. The van der Waals surface area contributed by atoms with Gasteiger partial charge in [0.2, 0.25) is 5.24 Å². The summed E-state index contributed by atoms with van der Waals surface area (Å²) in [6.07, 6.45) is 2.64. The predicted octanol–water partition coefficient (Wildman–Crippen LogP) is 9.55. The summed E-state index contributed by atoms with van der Waals surface area (Å²) in [5.74, 6) is 1.03. The smallest absolute Gasteiger partial charge is 0.443 e. The first-order chi connectivity index (χ1) is 34.6. The molecule has 3 aromatic carbocycles. The van der Waals surface area contributed by atoms with Crippen molar-refractivity contribution < 1.29 is 65.0 Å². The molecule has 0 aliphatic heterocycles. The van der Waals surface area contributed by atoms with Crippen molar-refractivity contribution in [3.8, 4) is 5.69 Å². The van der Waals surface area contributed by atoms with Gasteiger partial charge in [-0.15, -0.1) is 0 Å². The van der Waals surface area contributed by atoms with E-state index in [4.69, 9.17) is 37.0 Å². The van der Waals surface area contributed by atoms with E-state index in [9.17, 15) is 50.3 Å². The lowest BCUT2D eigenvalue weighted by atomic mass is 9.70. The van der Waals surface area contributed by atoms with Crippen LogP contribution < -0.4 is 22.3 Å². The molecule has 418 valence electrons.